The summed E-state index contributed by atoms with van der Waals surface area (Å²) in [4.78, 5) is 15.4. The zero-order valence-electron chi connectivity index (χ0n) is 59.0. The molecule has 16 N–H and O–H groups in total. The highest BCUT2D eigenvalue weighted by Crippen LogP contribution is 2.42. The van der Waals surface area contributed by atoms with Gasteiger partial charge in [0.2, 0.25) is 0 Å². The average Bonchev–Trinajstić information content (AvgIpc) is 0.777. The van der Waals surface area contributed by atoms with E-state index in [4.69, 9.17) is 18.9 Å². The Morgan fingerprint density at radius 3 is 1.78 bits per heavy atom. The maximum Gasteiger partial charge on any atom is 0.311 e. The predicted molar refractivity (Wildman–Crippen MR) is 359 cm³/mol. The zero-order chi connectivity index (χ0) is 70.7. The molecule has 0 spiro atoms. The maximum absolute atomic E-state index is 13.7. The van der Waals surface area contributed by atoms with Crippen molar-refractivity contribution < 1.29 is 105 Å². The fraction of sp³-hybridized carbons (Fsp3) is 0.875. The Hall–Kier alpha value is -2.37. The van der Waals surface area contributed by atoms with Gasteiger partial charge in [0, 0.05) is 48.9 Å². The van der Waals surface area contributed by atoms with E-state index in [1.54, 1.807) is 92.6 Å². The molecule has 0 aromatic rings. The van der Waals surface area contributed by atoms with Crippen molar-refractivity contribution >= 4 is 5.97 Å². The molecule has 0 amide bonds. The van der Waals surface area contributed by atoms with E-state index in [2.05, 4.69) is 6.92 Å². The molecule has 94 heavy (non-hydrogen) atoms. The summed E-state index contributed by atoms with van der Waals surface area (Å²) in [6, 6.07) is -0.775. The molecule has 2 fully saturated rings. The van der Waals surface area contributed by atoms with Crippen molar-refractivity contribution in [3.8, 4) is 0 Å². The summed E-state index contributed by atoms with van der Waals surface area (Å²) < 4.78 is 24.5. The minimum atomic E-state index is -2.25. The Morgan fingerprint density at radius 1 is 0.596 bits per heavy atom. The first-order valence-electron chi connectivity index (χ1n) is 35.6. The molecule has 0 aromatic heterocycles. The first-order valence-corrected chi connectivity index (χ1v) is 35.6. The normalized spacial score (nSPS) is 42.5. The molecule has 3 aliphatic rings. The van der Waals surface area contributed by atoms with Gasteiger partial charge in [-0.1, -0.05) is 97.6 Å². The van der Waals surface area contributed by atoms with Gasteiger partial charge < -0.3 is 106 Å². The fourth-order valence-corrected chi connectivity index (χ4v) is 13.4. The van der Waals surface area contributed by atoms with Gasteiger partial charge in [-0.3, -0.25) is 4.79 Å². The summed E-state index contributed by atoms with van der Waals surface area (Å²) in [6.07, 6.45) is -1.84. The summed E-state index contributed by atoms with van der Waals surface area (Å²) in [5.41, 5.74) is 1.12. The maximum atomic E-state index is 13.7. The van der Waals surface area contributed by atoms with Crippen LogP contribution in [0.15, 0.2) is 47.6 Å². The molecule has 2 bridgehead atoms. The summed E-state index contributed by atoms with van der Waals surface area (Å²) >= 11 is 0. The van der Waals surface area contributed by atoms with Crippen LogP contribution < -0.4 is 0 Å². The lowest BCUT2D eigenvalue weighted by Crippen LogP contribution is -2.64. The molecule has 22 nitrogen and oxygen atoms in total. The molecule has 23 unspecified atom stereocenters. The number of cyclic esters (lactones) is 1. The molecule has 0 radical (unpaired) electrons. The van der Waals surface area contributed by atoms with Gasteiger partial charge in [0.15, 0.2) is 12.1 Å². The quantitative estimate of drug-likeness (QED) is 0.0834. The summed E-state index contributed by atoms with van der Waals surface area (Å²) in [5, 5.41) is 179. The smallest absolute Gasteiger partial charge is 0.311 e. The molecule has 0 saturated carbocycles. The number of ether oxygens (including phenoxy) is 4. The Labute approximate surface area is 562 Å². The Kier molecular flexibility index (Phi) is 39.6. The van der Waals surface area contributed by atoms with Gasteiger partial charge in [-0.05, 0) is 161 Å². The van der Waals surface area contributed by atoms with Crippen LogP contribution in [0.2, 0.25) is 0 Å². The van der Waals surface area contributed by atoms with Gasteiger partial charge >= 0.3 is 5.97 Å². The van der Waals surface area contributed by atoms with Gasteiger partial charge in [0.25, 0.3) is 0 Å². The molecule has 3 rings (SSSR count). The first-order chi connectivity index (χ1) is 44.1. The van der Waals surface area contributed by atoms with Gasteiger partial charge in [0.05, 0.1) is 116 Å². The number of carbonyl (C=O) groups is 1. The van der Waals surface area contributed by atoms with Crippen molar-refractivity contribution in [1.29, 1.82) is 0 Å². The van der Waals surface area contributed by atoms with E-state index < -0.39 is 170 Å². The van der Waals surface area contributed by atoms with Crippen molar-refractivity contribution in [3.05, 3.63) is 47.6 Å². The highest BCUT2D eigenvalue weighted by molar-refractivity contribution is 5.71. The first kappa shape index (κ1) is 85.9. The number of aliphatic hydroxyl groups is 16. The Bertz CT molecular complexity index is 2200. The molecular formula is C72H131NO21. The van der Waals surface area contributed by atoms with Gasteiger partial charge in [0.1, 0.15) is 12.2 Å². The van der Waals surface area contributed by atoms with Crippen molar-refractivity contribution in [1.82, 2.24) is 4.90 Å². The number of unbranched alkanes of at least 4 members (excludes halogenated alkanes) is 3. The van der Waals surface area contributed by atoms with Crippen LogP contribution in [-0.2, 0) is 23.7 Å². The van der Waals surface area contributed by atoms with Crippen LogP contribution in [-0.4, -0.2) is 241 Å². The van der Waals surface area contributed by atoms with E-state index in [1.807, 2.05) is 13.0 Å². The third-order valence-corrected chi connectivity index (χ3v) is 20.6. The third kappa shape index (κ3) is 29.4. The van der Waals surface area contributed by atoms with Crippen molar-refractivity contribution in [2.45, 2.75) is 351 Å². The molecule has 0 aromatic carbocycles. The van der Waals surface area contributed by atoms with Gasteiger partial charge in [-0.25, -0.2) is 0 Å². The molecule has 0 aliphatic carbocycles. The number of fused-ring (bicyclic) bond motifs is 2. The second-order valence-corrected chi connectivity index (χ2v) is 29.0. The second kappa shape index (κ2) is 43.3. The molecule has 550 valence electrons. The van der Waals surface area contributed by atoms with E-state index in [0.717, 1.165) is 25.7 Å². The third-order valence-electron chi connectivity index (χ3n) is 20.6. The minimum absolute atomic E-state index is 0.0134. The largest absolute Gasteiger partial charge is 0.458 e. The lowest BCUT2D eigenvalue weighted by atomic mass is 9.80. The van der Waals surface area contributed by atoms with Crippen LogP contribution in [0, 0.1) is 35.5 Å². The summed E-state index contributed by atoms with van der Waals surface area (Å²) in [6.45, 7) is 17.4. The number of aliphatic hydroxyl groups excluding tert-OH is 15. The van der Waals surface area contributed by atoms with Crippen LogP contribution in [0.3, 0.4) is 0 Å². The molecule has 28 atom stereocenters. The zero-order valence-corrected chi connectivity index (χ0v) is 59.0. The van der Waals surface area contributed by atoms with Crippen molar-refractivity contribution in [2.75, 3.05) is 14.1 Å². The number of hydrogen-bond donors (Lipinski definition) is 16. The van der Waals surface area contributed by atoms with Crippen LogP contribution in [0.1, 0.15) is 217 Å². The number of allylic oxidation sites excluding steroid dienone is 2. The lowest BCUT2D eigenvalue weighted by Gasteiger charge is -2.50. The summed E-state index contributed by atoms with van der Waals surface area (Å²) in [7, 11) is 3.41. The van der Waals surface area contributed by atoms with Crippen molar-refractivity contribution in [3.63, 3.8) is 0 Å². The molecular weight excluding hydrogens is 1210 g/mol. The monoisotopic (exact) mass is 1350 g/mol. The molecule has 3 aliphatic heterocycles. The molecule has 2 saturated heterocycles. The SMILES string of the molecule is CCCCCCC1C=C(C)C(O)CC(O)CCCC(O)C(C)C(O)CC=CC=C(C)C(O)C(C)C2CC(O[C@@H]3O[C@H](C)[C@@H](O)[C@H](N(C)C)[C@H]3O)C(C)C(O)(CC(=O)OC(C)C=CC(O)CC(O)CCCC(O)C(C)C(O)CCC(C)C(O)CC(O)CC(O)CCCC1O)O2. The van der Waals surface area contributed by atoms with Crippen LogP contribution >= 0.6 is 0 Å². The van der Waals surface area contributed by atoms with Crippen LogP contribution in [0.25, 0.3) is 0 Å². The van der Waals surface area contributed by atoms with Crippen molar-refractivity contribution in [2.24, 2.45) is 35.5 Å². The standard InChI is InChI=1S/C72H131NO21/c1-13-14-15-16-23-51-35-44(4)63(85)38-54(76)26-20-29-58(80)46(6)57(79)27-18-17-22-43(3)68(87)48(8)64-40-65(93-71-70(89)67(73(11)12)69(88)50(10)92-71)49(9)72(90,94-64)41-66(86)91-45(5)32-33-55(77)36-52(74)24-19-28-59(81)47(7)60(82)34-31-42(2)62(84)39-56(78)37-53(75)25-21-30-61(51)83/h17-18,22,32-33,35,42,45-65,67-71,74-85,87-90H,13-16,19-21,23-31,34,36-41H2,1-12H3/t42?,45?,46?,47?,48?,49?,50-,51?,52?,53?,54?,55?,56?,57?,58?,59?,60?,61?,62?,63?,64?,65?,67+,68?,69-,70-,71+,72?/m1/s1. The molecule has 3 heterocycles. The van der Waals surface area contributed by atoms with E-state index >= 15 is 0 Å². The predicted octanol–water partition coefficient (Wildman–Crippen LogP) is 5.29. The number of likely N-dealkylation sites (N-methyl/N-ethyl adjacent to an activating group) is 1. The highest BCUT2D eigenvalue weighted by atomic mass is 16.7. The Morgan fingerprint density at radius 2 is 1.17 bits per heavy atom. The summed E-state index contributed by atoms with van der Waals surface area (Å²) in [5.74, 6) is -6.48. The second-order valence-electron chi connectivity index (χ2n) is 29.0. The number of hydrogen-bond acceptors (Lipinski definition) is 22. The van der Waals surface area contributed by atoms with Gasteiger partial charge in [-0.15, -0.1) is 0 Å². The van der Waals surface area contributed by atoms with E-state index in [9.17, 15) is 86.5 Å². The minimum Gasteiger partial charge on any atom is -0.458 e. The van der Waals surface area contributed by atoms with Crippen LogP contribution in [0.4, 0.5) is 0 Å². The Balaban J connectivity index is 1.84. The van der Waals surface area contributed by atoms with E-state index in [1.165, 1.54) is 12.2 Å². The lowest BCUT2D eigenvalue weighted by molar-refractivity contribution is -0.351. The number of esters is 1. The average molecular weight is 1350 g/mol. The highest BCUT2D eigenvalue weighted by Gasteiger charge is 2.53. The van der Waals surface area contributed by atoms with E-state index in [0.29, 0.717) is 62.5 Å². The van der Waals surface area contributed by atoms with Crippen LogP contribution in [0.5, 0.6) is 0 Å². The number of carbonyl (C=O) groups excluding carboxylic acids is 1. The van der Waals surface area contributed by atoms with E-state index in [-0.39, 0.29) is 76.0 Å². The topological polar surface area (TPSA) is 381 Å². The molecule has 22 heteroatoms. The fourth-order valence-electron chi connectivity index (χ4n) is 13.4. The van der Waals surface area contributed by atoms with Gasteiger partial charge in [-0.2, -0.15) is 0 Å². The number of nitrogens with zero attached hydrogens (tertiary/aromatic N) is 1. The number of rotatable bonds is 8.